The van der Waals surface area contributed by atoms with E-state index in [1.165, 1.54) is 5.56 Å². The second-order valence-corrected chi connectivity index (χ2v) is 7.00. The maximum Gasteiger partial charge on any atom is 0.191 e. The number of para-hydroxylation sites is 1. The lowest BCUT2D eigenvalue weighted by molar-refractivity contribution is 0.501. The molecule has 0 atom stereocenters. The molecule has 1 aromatic heterocycles. The van der Waals surface area contributed by atoms with Gasteiger partial charge in [-0.25, -0.2) is 4.68 Å². The lowest BCUT2D eigenvalue weighted by atomic mass is 10.1. The van der Waals surface area contributed by atoms with Gasteiger partial charge in [-0.3, -0.25) is 4.99 Å². The molecular weight excluding hydrogens is 425 g/mol. The molecule has 0 amide bonds. The Bertz CT molecular complexity index is 671. The van der Waals surface area contributed by atoms with Crippen LogP contribution in [0.15, 0.2) is 41.5 Å². The normalized spacial score (nSPS) is 11.8. The fourth-order valence-electron chi connectivity index (χ4n) is 2.47. The monoisotopic (exact) mass is 455 g/mol. The predicted octanol–water partition coefficient (Wildman–Crippen LogP) is 3.69. The van der Waals surface area contributed by atoms with Crippen LogP contribution in [0.3, 0.4) is 0 Å². The molecule has 0 saturated carbocycles. The molecule has 0 aliphatic carbocycles. The molecule has 2 aromatic rings. The third kappa shape index (κ3) is 7.05. The minimum Gasteiger partial charge on any atom is -0.356 e. The average molecular weight is 455 g/mol. The summed E-state index contributed by atoms with van der Waals surface area (Å²) in [6.45, 7) is 9.33. The summed E-state index contributed by atoms with van der Waals surface area (Å²) in [5.74, 6) is 0.846. The van der Waals surface area contributed by atoms with Gasteiger partial charge in [0.2, 0.25) is 0 Å². The van der Waals surface area contributed by atoms with E-state index in [9.17, 15) is 0 Å². The van der Waals surface area contributed by atoms with E-state index in [1.54, 1.807) is 7.05 Å². The molecule has 0 spiro atoms. The van der Waals surface area contributed by atoms with Crippen LogP contribution in [-0.2, 0) is 6.42 Å². The first kappa shape index (κ1) is 21.5. The molecule has 0 unspecified atom stereocenters. The first-order chi connectivity index (χ1) is 11.4. The predicted molar refractivity (Wildman–Crippen MR) is 116 cm³/mol. The molecule has 0 bridgehead atoms. The van der Waals surface area contributed by atoms with Gasteiger partial charge in [0.25, 0.3) is 0 Å². The molecular formula is C19H30IN5. The second-order valence-electron chi connectivity index (χ2n) is 7.00. The van der Waals surface area contributed by atoms with Crippen LogP contribution in [0.1, 0.15) is 38.4 Å². The van der Waals surface area contributed by atoms with E-state index in [-0.39, 0.29) is 29.5 Å². The van der Waals surface area contributed by atoms with Gasteiger partial charge in [0, 0.05) is 25.3 Å². The average Bonchev–Trinajstić information content (AvgIpc) is 2.91. The lowest BCUT2D eigenvalue weighted by Crippen LogP contribution is -2.47. The van der Waals surface area contributed by atoms with Gasteiger partial charge in [-0.05, 0) is 58.2 Å². The van der Waals surface area contributed by atoms with Crippen LogP contribution >= 0.6 is 24.0 Å². The number of nitrogens with one attached hydrogen (secondary N) is 2. The van der Waals surface area contributed by atoms with Gasteiger partial charge >= 0.3 is 0 Å². The topological polar surface area (TPSA) is 54.2 Å². The van der Waals surface area contributed by atoms with Crippen molar-refractivity contribution in [1.82, 2.24) is 20.4 Å². The van der Waals surface area contributed by atoms with E-state index < -0.39 is 0 Å². The molecule has 2 rings (SSSR count). The maximum atomic E-state index is 4.62. The molecule has 0 fully saturated rings. The van der Waals surface area contributed by atoms with Crippen LogP contribution in [0.2, 0.25) is 0 Å². The summed E-state index contributed by atoms with van der Waals surface area (Å²) in [5, 5.41) is 11.3. The van der Waals surface area contributed by atoms with Gasteiger partial charge in [-0.15, -0.1) is 24.0 Å². The van der Waals surface area contributed by atoms with Gasteiger partial charge in [-0.2, -0.15) is 5.10 Å². The van der Waals surface area contributed by atoms with Crippen molar-refractivity contribution in [2.45, 2.75) is 46.1 Å². The smallest absolute Gasteiger partial charge is 0.191 e. The quantitative estimate of drug-likeness (QED) is 0.313. The van der Waals surface area contributed by atoms with Crippen molar-refractivity contribution < 1.29 is 0 Å². The highest BCUT2D eigenvalue weighted by molar-refractivity contribution is 14.0. The molecule has 138 valence electrons. The third-order valence-corrected chi connectivity index (χ3v) is 3.65. The number of rotatable bonds is 5. The molecule has 1 heterocycles. The summed E-state index contributed by atoms with van der Waals surface area (Å²) < 4.78 is 1.96. The molecule has 6 heteroatoms. The number of hydrogen-bond acceptors (Lipinski definition) is 2. The van der Waals surface area contributed by atoms with Crippen molar-refractivity contribution in [3.8, 4) is 5.69 Å². The fourth-order valence-corrected chi connectivity index (χ4v) is 2.47. The van der Waals surface area contributed by atoms with Gasteiger partial charge in [0.1, 0.15) is 0 Å². The molecule has 25 heavy (non-hydrogen) atoms. The zero-order valence-corrected chi connectivity index (χ0v) is 18.2. The van der Waals surface area contributed by atoms with E-state index in [0.29, 0.717) is 0 Å². The fraction of sp³-hybridized carbons (Fsp3) is 0.474. The minimum absolute atomic E-state index is 0. The SMILES string of the molecule is CN=C(NCCCc1cn(-c2ccccc2)nc1C)NC(C)(C)C.I. The van der Waals surface area contributed by atoms with Gasteiger partial charge in [0.15, 0.2) is 5.96 Å². The number of aryl methyl sites for hydroxylation is 2. The zero-order valence-electron chi connectivity index (χ0n) is 15.8. The van der Waals surface area contributed by atoms with Crippen LogP contribution in [0.5, 0.6) is 0 Å². The van der Waals surface area contributed by atoms with E-state index in [1.807, 2.05) is 22.9 Å². The van der Waals surface area contributed by atoms with Crippen molar-refractivity contribution >= 4 is 29.9 Å². The van der Waals surface area contributed by atoms with Crippen molar-refractivity contribution in [2.75, 3.05) is 13.6 Å². The Kier molecular flexibility index (Phi) is 8.41. The molecule has 0 aliphatic heterocycles. The second kappa shape index (κ2) is 9.79. The highest BCUT2D eigenvalue weighted by Crippen LogP contribution is 2.13. The number of benzene rings is 1. The molecule has 0 saturated heterocycles. The molecule has 2 N–H and O–H groups in total. The number of nitrogens with zero attached hydrogens (tertiary/aromatic N) is 3. The number of halogens is 1. The van der Waals surface area contributed by atoms with Crippen molar-refractivity contribution in [1.29, 1.82) is 0 Å². The molecule has 0 radical (unpaired) electrons. The Morgan fingerprint density at radius 2 is 1.88 bits per heavy atom. The maximum absolute atomic E-state index is 4.62. The minimum atomic E-state index is 0. The summed E-state index contributed by atoms with van der Waals surface area (Å²) in [6, 6.07) is 10.2. The van der Waals surface area contributed by atoms with Gasteiger partial charge in [0.05, 0.1) is 11.4 Å². The van der Waals surface area contributed by atoms with Gasteiger partial charge < -0.3 is 10.6 Å². The lowest BCUT2D eigenvalue weighted by Gasteiger charge is -2.23. The van der Waals surface area contributed by atoms with Crippen LogP contribution in [0, 0.1) is 6.92 Å². The van der Waals surface area contributed by atoms with Crippen molar-refractivity contribution in [2.24, 2.45) is 4.99 Å². The Labute approximate surface area is 168 Å². The Morgan fingerprint density at radius 3 is 2.48 bits per heavy atom. The van der Waals surface area contributed by atoms with Gasteiger partial charge in [-0.1, -0.05) is 18.2 Å². The van der Waals surface area contributed by atoms with E-state index in [2.05, 4.69) is 66.7 Å². The van der Waals surface area contributed by atoms with Crippen molar-refractivity contribution in [3.05, 3.63) is 47.8 Å². The molecule has 5 nitrogen and oxygen atoms in total. The standard InChI is InChI=1S/C19H29N5.HI/c1-15-16(14-24(23-15)17-11-7-6-8-12-17)10-9-13-21-18(20-5)22-19(2,3)4;/h6-8,11-12,14H,9-10,13H2,1-5H3,(H2,20,21,22);1H. The van der Waals surface area contributed by atoms with E-state index >= 15 is 0 Å². The highest BCUT2D eigenvalue weighted by atomic mass is 127. The van der Waals surface area contributed by atoms with Crippen LogP contribution in [-0.4, -0.2) is 34.9 Å². The largest absolute Gasteiger partial charge is 0.356 e. The Balaban J connectivity index is 0.00000312. The number of hydrogen-bond donors (Lipinski definition) is 2. The molecule has 1 aromatic carbocycles. The zero-order chi connectivity index (χ0) is 17.6. The summed E-state index contributed by atoms with van der Waals surface area (Å²) in [6.07, 6.45) is 4.16. The summed E-state index contributed by atoms with van der Waals surface area (Å²) >= 11 is 0. The number of aromatic nitrogens is 2. The Morgan fingerprint density at radius 1 is 1.20 bits per heavy atom. The Hall–Kier alpha value is -1.57. The third-order valence-electron chi connectivity index (χ3n) is 3.65. The first-order valence-electron chi connectivity index (χ1n) is 8.48. The van der Waals surface area contributed by atoms with Crippen LogP contribution in [0.4, 0.5) is 0 Å². The van der Waals surface area contributed by atoms with E-state index in [4.69, 9.17) is 0 Å². The van der Waals surface area contributed by atoms with Crippen LogP contribution in [0.25, 0.3) is 5.69 Å². The van der Waals surface area contributed by atoms with Crippen molar-refractivity contribution in [3.63, 3.8) is 0 Å². The number of guanidine groups is 1. The first-order valence-corrected chi connectivity index (χ1v) is 8.48. The number of aliphatic imine (C=N–C) groups is 1. The van der Waals surface area contributed by atoms with Crippen LogP contribution < -0.4 is 10.6 Å². The summed E-state index contributed by atoms with van der Waals surface area (Å²) in [4.78, 5) is 4.26. The summed E-state index contributed by atoms with van der Waals surface area (Å²) in [5.41, 5.74) is 3.49. The summed E-state index contributed by atoms with van der Waals surface area (Å²) in [7, 11) is 1.80. The van der Waals surface area contributed by atoms with E-state index in [0.717, 1.165) is 36.7 Å². The molecule has 0 aliphatic rings. The highest BCUT2D eigenvalue weighted by Gasteiger charge is 2.11.